The van der Waals surface area contributed by atoms with Crippen LogP contribution in [0, 0.1) is 0 Å². The molecule has 3 aromatic carbocycles. The topological polar surface area (TPSA) is 66.8 Å². The predicted octanol–water partition coefficient (Wildman–Crippen LogP) is 5.75. The molecule has 0 bridgehead atoms. The largest absolute Gasteiger partial charge is 0.507 e. The molecular weight excluding hydrogens is 446 g/mol. The van der Waals surface area contributed by atoms with Gasteiger partial charge in [-0.2, -0.15) is 0 Å². The van der Waals surface area contributed by atoms with Crippen LogP contribution in [0.5, 0.6) is 11.5 Å². The number of imide groups is 1. The molecule has 1 aliphatic rings. The lowest BCUT2D eigenvalue weighted by atomic mass is 10.0. The monoisotopic (exact) mass is 465 g/mol. The molecule has 3 aromatic rings. The zero-order chi connectivity index (χ0) is 22.5. The second kappa shape index (κ2) is 9.94. The third kappa shape index (κ3) is 5.15. The first-order chi connectivity index (χ1) is 15.5. The summed E-state index contributed by atoms with van der Waals surface area (Å²) in [7, 11) is 0. The van der Waals surface area contributed by atoms with Gasteiger partial charge in [-0.1, -0.05) is 54.1 Å². The highest BCUT2D eigenvalue weighted by Crippen LogP contribution is 2.34. The number of amides is 2. The fraction of sp³-hybridized carbons (Fsp3) is 0.120. The van der Waals surface area contributed by atoms with E-state index in [4.69, 9.17) is 16.3 Å². The number of halogens is 1. The number of hydrogen-bond acceptors (Lipinski definition) is 5. The van der Waals surface area contributed by atoms with E-state index in [1.165, 1.54) is 0 Å². The molecule has 1 saturated heterocycles. The van der Waals surface area contributed by atoms with E-state index in [0.717, 1.165) is 27.8 Å². The van der Waals surface area contributed by atoms with Crippen LogP contribution in [0.25, 0.3) is 6.08 Å². The number of aromatic hydroxyl groups is 1. The average molecular weight is 466 g/mol. The summed E-state index contributed by atoms with van der Waals surface area (Å²) in [5.41, 5.74) is 2.36. The van der Waals surface area contributed by atoms with Gasteiger partial charge in [-0.05, 0) is 65.7 Å². The third-order valence-corrected chi connectivity index (χ3v) is 6.21. The van der Waals surface area contributed by atoms with Crippen molar-refractivity contribution in [1.82, 2.24) is 4.90 Å². The van der Waals surface area contributed by atoms with Gasteiger partial charge in [-0.3, -0.25) is 14.5 Å². The Balaban J connectivity index is 1.46. The van der Waals surface area contributed by atoms with E-state index in [0.29, 0.717) is 22.8 Å². The van der Waals surface area contributed by atoms with Crippen LogP contribution in [0.2, 0.25) is 5.02 Å². The maximum absolute atomic E-state index is 12.8. The highest BCUT2D eigenvalue weighted by atomic mass is 35.5. The van der Waals surface area contributed by atoms with Crippen LogP contribution < -0.4 is 4.74 Å². The van der Waals surface area contributed by atoms with Crippen molar-refractivity contribution >= 4 is 40.6 Å². The first-order valence-electron chi connectivity index (χ1n) is 10.00. The molecule has 1 N–H and O–H groups in total. The maximum atomic E-state index is 12.8. The molecule has 4 rings (SSSR count). The fourth-order valence-corrected chi connectivity index (χ4v) is 4.36. The smallest absolute Gasteiger partial charge is 0.293 e. The Morgan fingerprint density at radius 3 is 2.53 bits per heavy atom. The molecule has 2 amide bonds. The van der Waals surface area contributed by atoms with Gasteiger partial charge < -0.3 is 9.84 Å². The Kier molecular flexibility index (Phi) is 6.83. The van der Waals surface area contributed by atoms with E-state index in [-0.39, 0.29) is 29.0 Å². The molecule has 32 heavy (non-hydrogen) atoms. The van der Waals surface area contributed by atoms with Crippen molar-refractivity contribution < 1.29 is 19.4 Å². The first kappa shape index (κ1) is 22.0. The molecule has 0 aromatic heterocycles. The van der Waals surface area contributed by atoms with Crippen molar-refractivity contribution in [2.75, 3.05) is 13.2 Å². The number of phenols is 1. The summed E-state index contributed by atoms with van der Waals surface area (Å²) in [6, 6.07) is 22.0. The van der Waals surface area contributed by atoms with Gasteiger partial charge in [0.1, 0.15) is 18.1 Å². The Labute approximate surface area is 195 Å². The minimum atomic E-state index is -0.396. The van der Waals surface area contributed by atoms with E-state index in [9.17, 15) is 14.7 Å². The molecule has 0 radical (unpaired) electrons. The van der Waals surface area contributed by atoms with Crippen molar-refractivity contribution in [3.05, 3.63) is 99.4 Å². The summed E-state index contributed by atoms with van der Waals surface area (Å²) in [6.07, 6.45) is 2.13. The van der Waals surface area contributed by atoms with E-state index in [2.05, 4.69) is 0 Å². The summed E-state index contributed by atoms with van der Waals surface area (Å²) in [5.74, 6) is 0.315. The van der Waals surface area contributed by atoms with E-state index >= 15 is 0 Å². The molecule has 1 aliphatic heterocycles. The van der Waals surface area contributed by atoms with Crippen LogP contribution >= 0.6 is 23.4 Å². The number of thioether (sulfide) groups is 1. The van der Waals surface area contributed by atoms with Crippen molar-refractivity contribution in [1.29, 1.82) is 0 Å². The van der Waals surface area contributed by atoms with Crippen LogP contribution in [-0.2, 0) is 11.2 Å². The number of carbonyl (C=O) groups is 2. The van der Waals surface area contributed by atoms with Gasteiger partial charge in [0.05, 0.1) is 11.4 Å². The van der Waals surface area contributed by atoms with Crippen LogP contribution in [0.1, 0.15) is 16.7 Å². The fourth-order valence-electron chi connectivity index (χ4n) is 3.30. The van der Waals surface area contributed by atoms with Gasteiger partial charge >= 0.3 is 0 Å². The molecule has 5 nitrogen and oxygen atoms in total. The number of benzene rings is 3. The van der Waals surface area contributed by atoms with Gasteiger partial charge in [-0.15, -0.1) is 0 Å². The average Bonchev–Trinajstić information content (AvgIpc) is 3.05. The van der Waals surface area contributed by atoms with Gasteiger partial charge in [-0.25, -0.2) is 0 Å². The Bertz CT molecular complexity index is 1180. The minimum Gasteiger partial charge on any atom is -0.507 e. The normalized spacial score (nSPS) is 14.9. The van der Waals surface area contributed by atoms with Crippen LogP contribution in [0.3, 0.4) is 0 Å². The lowest BCUT2D eigenvalue weighted by Gasteiger charge is -2.13. The molecule has 0 aliphatic carbocycles. The zero-order valence-electron chi connectivity index (χ0n) is 17.0. The van der Waals surface area contributed by atoms with Crippen molar-refractivity contribution in [2.45, 2.75) is 6.42 Å². The van der Waals surface area contributed by atoms with Crippen LogP contribution in [0.4, 0.5) is 4.79 Å². The second-order valence-electron chi connectivity index (χ2n) is 7.16. The van der Waals surface area contributed by atoms with Gasteiger partial charge in [0.2, 0.25) is 0 Å². The lowest BCUT2D eigenvalue weighted by Crippen LogP contribution is -2.32. The molecule has 0 atom stereocenters. The highest BCUT2D eigenvalue weighted by Gasteiger charge is 2.35. The minimum absolute atomic E-state index is 0.0344. The van der Waals surface area contributed by atoms with Crippen molar-refractivity contribution in [3.63, 3.8) is 0 Å². The Morgan fingerprint density at radius 1 is 1.00 bits per heavy atom. The van der Waals surface area contributed by atoms with Gasteiger partial charge in [0.15, 0.2) is 0 Å². The summed E-state index contributed by atoms with van der Waals surface area (Å²) >= 11 is 7.11. The molecule has 0 unspecified atom stereocenters. The molecule has 7 heteroatoms. The SMILES string of the molecule is O=C1S/C(=C\c2cc(Cc3ccccc3Cl)ccc2O)C(=O)N1CCOc1ccccc1. The van der Waals surface area contributed by atoms with E-state index in [1.807, 2.05) is 60.7 Å². The number of rotatable bonds is 7. The highest BCUT2D eigenvalue weighted by molar-refractivity contribution is 8.18. The number of nitrogens with zero attached hydrogens (tertiary/aromatic N) is 1. The van der Waals surface area contributed by atoms with Crippen molar-refractivity contribution in [3.8, 4) is 11.5 Å². The third-order valence-electron chi connectivity index (χ3n) is 4.93. The zero-order valence-corrected chi connectivity index (χ0v) is 18.6. The molecule has 162 valence electrons. The van der Waals surface area contributed by atoms with Crippen LogP contribution in [-0.4, -0.2) is 34.3 Å². The lowest BCUT2D eigenvalue weighted by molar-refractivity contribution is -0.123. The van der Waals surface area contributed by atoms with E-state index in [1.54, 1.807) is 18.2 Å². The number of ether oxygens (including phenoxy) is 1. The molecule has 1 heterocycles. The first-order valence-corrected chi connectivity index (χ1v) is 11.2. The van der Waals surface area contributed by atoms with Gasteiger partial charge in [0, 0.05) is 10.6 Å². The second-order valence-corrected chi connectivity index (χ2v) is 8.56. The number of para-hydroxylation sites is 1. The quantitative estimate of drug-likeness (QED) is 0.450. The molecule has 1 fully saturated rings. The summed E-state index contributed by atoms with van der Waals surface area (Å²) < 4.78 is 5.59. The summed E-state index contributed by atoms with van der Waals surface area (Å²) in [6.45, 7) is 0.351. The molecular formula is C25H20ClNO4S. The number of carbonyl (C=O) groups excluding carboxylic acids is 2. The predicted molar refractivity (Wildman–Crippen MR) is 127 cm³/mol. The molecule has 0 saturated carbocycles. The Hall–Kier alpha value is -3.22. The number of phenolic OH excluding ortho intramolecular Hbond substituents is 1. The van der Waals surface area contributed by atoms with Crippen LogP contribution in [0.15, 0.2) is 77.7 Å². The van der Waals surface area contributed by atoms with Crippen molar-refractivity contribution in [2.24, 2.45) is 0 Å². The molecule has 0 spiro atoms. The standard InChI is InChI=1S/C25H20ClNO4S/c26-21-9-5-4-6-18(21)14-17-10-11-22(28)19(15-17)16-23-24(29)27(25(30)32-23)12-13-31-20-7-2-1-3-8-20/h1-11,15-16,28H,12-14H2/b23-16-. The van der Waals surface area contributed by atoms with E-state index < -0.39 is 5.91 Å². The summed E-state index contributed by atoms with van der Waals surface area (Å²) in [5, 5.41) is 10.6. The summed E-state index contributed by atoms with van der Waals surface area (Å²) in [4.78, 5) is 26.5. The Morgan fingerprint density at radius 2 is 1.75 bits per heavy atom. The number of hydrogen-bond donors (Lipinski definition) is 1. The maximum Gasteiger partial charge on any atom is 0.293 e. The van der Waals surface area contributed by atoms with Gasteiger partial charge in [0.25, 0.3) is 11.1 Å².